The Hall–Kier alpha value is -2.40. The SMILES string of the molecule is CCN(CC)c1ccc(C(=O)N=c2sc3cc(C)ccc3n2C)cc1. The molecule has 0 fully saturated rings. The fourth-order valence-corrected chi connectivity index (χ4v) is 4.02. The van der Waals surface area contributed by atoms with Gasteiger partial charge in [0.2, 0.25) is 0 Å². The van der Waals surface area contributed by atoms with Crippen LogP contribution in [0.1, 0.15) is 29.8 Å². The molecule has 4 nitrogen and oxygen atoms in total. The average molecular weight is 353 g/mol. The number of aryl methyl sites for hydroxylation is 2. The lowest BCUT2D eigenvalue weighted by Crippen LogP contribution is -2.21. The Morgan fingerprint density at radius 2 is 1.80 bits per heavy atom. The van der Waals surface area contributed by atoms with E-state index in [1.165, 1.54) is 5.56 Å². The van der Waals surface area contributed by atoms with Crippen molar-refractivity contribution in [3.05, 3.63) is 58.4 Å². The number of thiazole rings is 1. The first-order valence-electron chi connectivity index (χ1n) is 8.53. The highest BCUT2D eigenvalue weighted by Gasteiger charge is 2.08. The van der Waals surface area contributed by atoms with Crippen molar-refractivity contribution in [3.63, 3.8) is 0 Å². The lowest BCUT2D eigenvalue weighted by Gasteiger charge is -2.20. The summed E-state index contributed by atoms with van der Waals surface area (Å²) < 4.78 is 3.12. The van der Waals surface area contributed by atoms with Crippen LogP contribution in [0.3, 0.4) is 0 Å². The number of nitrogens with zero attached hydrogens (tertiary/aromatic N) is 3. The maximum Gasteiger partial charge on any atom is 0.279 e. The van der Waals surface area contributed by atoms with Crippen LogP contribution < -0.4 is 9.70 Å². The smallest absolute Gasteiger partial charge is 0.279 e. The number of amides is 1. The summed E-state index contributed by atoms with van der Waals surface area (Å²) in [5.41, 5.74) is 4.05. The molecule has 1 aromatic heterocycles. The number of anilines is 1. The third-order valence-corrected chi connectivity index (χ3v) is 5.50. The molecule has 0 N–H and O–H groups in total. The normalized spacial score (nSPS) is 11.9. The van der Waals surface area contributed by atoms with Crippen LogP contribution in [-0.4, -0.2) is 23.6 Å². The second-order valence-corrected chi connectivity index (χ2v) is 7.06. The highest BCUT2D eigenvalue weighted by atomic mass is 32.1. The molecule has 3 aromatic rings. The van der Waals surface area contributed by atoms with Gasteiger partial charge < -0.3 is 9.47 Å². The molecule has 0 spiro atoms. The molecular weight excluding hydrogens is 330 g/mol. The fourth-order valence-electron chi connectivity index (χ4n) is 2.90. The van der Waals surface area contributed by atoms with Gasteiger partial charge in [-0.05, 0) is 62.7 Å². The molecule has 0 radical (unpaired) electrons. The monoisotopic (exact) mass is 353 g/mol. The van der Waals surface area contributed by atoms with Gasteiger partial charge in [0.1, 0.15) is 0 Å². The van der Waals surface area contributed by atoms with E-state index in [0.717, 1.165) is 33.8 Å². The molecule has 0 saturated heterocycles. The second kappa shape index (κ2) is 7.23. The Kier molecular flexibility index (Phi) is 5.04. The zero-order chi connectivity index (χ0) is 18.0. The standard InChI is InChI=1S/C20H23N3OS/c1-5-23(6-2)16-10-8-15(9-11-16)19(24)21-20-22(4)17-12-7-14(3)13-18(17)25-20/h7-13H,5-6H2,1-4H3. The quantitative estimate of drug-likeness (QED) is 0.707. The first-order chi connectivity index (χ1) is 12.0. The van der Waals surface area contributed by atoms with Gasteiger partial charge in [-0.25, -0.2) is 0 Å². The van der Waals surface area contributed by atoms with E-state index in [1.807, 2.05) is 35.9 Å². The number of fused-ring (bicyclic) bond motifs is 1. The number of benzene rings is 2. The Morgan fingerprint density at radius 3 is 2.44 bits per heavy atom. The molecule has 0 atom stereocenters. The number of rotatable bonds is 4. The van der Waals surface area contributed by atoms with Gasteiger partial charge >= 0.3 is 0 Å². The molecule has 130 valence electrons. The Bertz CT molecular complexity index is 963. The zero-order valence-corrected chi connectivity index (χ0v) is 15.9. The van der Waals surface area contributed by atoms with Crippen LogP contribution in [0.2, 0.25) is 0 Å². The van der Waals surface area contributed by atoms with Crippen molar-refractivity contribution in [1.29, 1.82) is 0 Å². The van der Waals surface area contributed by atoms with Crippen molar-refractivity contribution in [3.8, 4) is 0 Å². The topological polar surface area (TPSA) is 37.6 Å². The summed E-state index contributed by atoms with van der Waals surface area (Å²) in [6.07, 6.45) is 0. The predicted molar refractivity (Wildman–Crippen MR) is 105 cm³/mol. The highest BCUT2D eigenvalue weighted by Crippen LogP contribution is 2.18. The Labute approximate surface area is 152 Å². The summed E-state index contributed by atoms with van der Waals surface area (Å²) >= 11 is 1.54. The zero-order valence-electron chi connectivity index (χ0n) is 15.1. The Morgan fingerprint density at radius 1 is 1.12 bits per heavy atom. The van der Waals surface area contributed by atoms with Gasteiger partial charge in [0, 0.05) is 31.4 Å². The van der Waals surface area contributed by atoms with Crippen molar-refractivity contribution in [2.24, 2.45) is 12.0 Å². The number of aromatic nitrogens is 1. The summed E-state index contributed by atoms with van der Waals surface area (Å²) in [5.74, 6) is -0.204. The van der Waals surface area contributed by atoms with Gasteiger partial charge in [0.05, 0.1) is 10.2 Å². The number of hydrogen-bond acceptors (Lipinski definition) is 3. The molecule has 2 aromatic carbocycles. The van der Waals surface area contributed by atoms with Gasteiger partial charge in [-0.15, -0.1) is 0 Å². The fraction of sp³-hybridized carbons (Fsp3) is 0.300. The molecule has 0 saturated carbocycles. The van der Waals surface area contributed by atoms with Gasteiger partial charge in [0.25, 0.3) is 5.91 Å². The minimum absolute atomic E-state index is 0.204. The molecule has 0 aliphatic rings. The largest absolute Gasteiger partial charge is 0.372 e. The highest BCUT2D eigenvalue weighted by molar-refractivity contribution is 7.16. The van der Waals surface area contributed by atoms with Gasteiger partial charge in [-0.1, -0.05) is 17.4 Å². The van der Waals surface area contributed by atoms with E-state index >= 15 is 0 Å². The minimum atomic E-state index is -0.204. The van der Waals surface area contributed by atoms with Crippen LogP contribution in [-0.2, 0) is 7.05 Å². The maximum atomic E-state index is 12.5. The van der Waals surface area contributed by atoms with E-state index in [4.69, 9.17) is 0 Å². The molecule has 0 unspecified atom stereocenters. The van der Waals surface area contributed by atoms with E-state index < -0.39 is 0 Å². The van der Waals surface area contributed by atoms with Crippen LogP contribution >= 0.6 is 11.3 Å². The summed E-state index contributed by atoms with van der Waals surface area (Å²) in [6.45, 7) is 8.22. The van der Waals surface area contributed by atoms with Crippen molar-refractivity contribution >= 4 is 33.1 Å². The molecule has 1 heterocycles. The molecule has 3 rings (SSSR count). The van der Waals surface area contributed by atoms with E-state index in [-0.39, 0.29) is 5.91 Å². The summed E-state index contributed by atoms with van der Waals surface area (Å²) in [7, 11) is 1.95. The molecular formula is C20H23N3OS. The van der Waals surface area contributed by atoms with Crippen molar-refractivity contribution < 1.29 is 4.79 Å². The third kappa shape index (κ3) is 3.51. The molecule has 25 heavy (non-hydrogen) atoms. The third-order valence-electron chi connectivity index (χ3n) is 4.40. The summed E-state index contributed by atoms with van der Waals surface area (Å²) in [4.78, 5) is 19.9. The van der Waals surface area contributed by atoms with E-state index in [2.05, 4.69) is 48.9 Å². The molecule has 1 amide bonds. The van der Waals surface area contributed by atoms with Crippen LogP contribution in [0.4, 0.5) is 5.69 Å². The lowest BCUT2D eigenvalue weighted by molar-refractivity contribution is 0.0998. The van der Waals surface area contributed by atoms with Crippen LogP contribution in [0.25, 0.3) is 10.2 Å². The van der Waals surface area contributed by atoms with E-state index in [9.17, 15) is 4.79 Å². The molecule has 5 heteroatoms. The van der Waals surface area contributed by atoms with Gasteiger partial charge in [0.15, 0.2) is 4.80 Å². The lowest BCUT2D eigenvalue weighted by atomic mass is 10.2. The molecule has 0 bridgehead atoms. The van der Waals surface area contributed by atoms with Crippen molar-refractivity contribution in [2.75, 3.05) is 18.0 Å². The van der Waals surface area contributed by atoms with Crippen LogP contribution in [0.15, 0.2) is 47.5 Å². The summed E-state index contributed by atoms with van der Waals surface area (Å²) in [6, 6.07) is 14.0. The van der Waals surface area contributed by atoms with Crippen molar-refractivity contribution in [2.45, 2.75) is 20.8 Å². The minimum Gasteiger partial charge on any atom is -0.372 e. The molecule has 0 aliphatic carbocycles. The second-order valence-electron chi connectivity index (χ2n) is 6.05. The Balaban J connectivity index is 1.94. The van der Waals surface area contributed by atoms with Crippen molar-refractivity contribution in [1.82, 2.24) is 4.57 Å². The van der Waals surface area contributed by atoms with E-state index in [1.54, 1.807) is 11.3 Å². The first kappa shape index (κ1) is 17.4. The van der Waals surface area contributed by atoms with Gasteiger partial charge in [-0.3, -0.25) is 4.79 Å². The first-order valence-corrected chi connectivity index (χ1v) is 9.35. The summed E-state index contributed by atoms with van der Waals surface area (Å²) in [5, 5.41) is 0. The maximum absolute atomic E-state index is 12.5. The van der Waals surface area contributed by atoms with E-state index in [0.29, 0.717) is 5.56 Å². The number of hydrogen-bond donors (Lipinski definition) is 0. The average Bonchev–Trinajstić information content (AvgIpc) is 2.91. The predicted octanol–water partition coefficient (Wildman–Crippen LogP) is 4.14. The molecule has 0 aliphatic heterocycles. The van der Waals surface area contributed by atoms with Crippen LogP contribution in [0, 0.1) is 6.92 Å². The van der Waals surface area contributed by atoms with Gasteiger partial charge in [-0.2, -0.15) is 4.99 Å². The number of carbonyl (C=O) groups excluding carboxylic acids is 1. The number of carbonyl (C=O) groups is 1. The van der Waals surface area contributed by atoms with Crippen LogP contribution in [0.5, 0.6) is 0 Å².